The average Bonchev–Trinajstić information content (AvgIpc) is 2.81. The first kappa shape index (κ1) is 12.5. The number of nitrogens with zero attached hydrogens (tertiary/aromatic N) is 3. The number of halogens is 1. The van der Waals surface area contributed by atoms with Crippen LogP contribution in [0.3, 0.4) is 0 Å². The maximum Gasteiger partial charge on any atom is 0.147 e. The number of nitrogens with one attached hydrogen (secondary N) is 1. The molecule has 0 aliphatic heterocycles. The SMILES string of the molecule is CCc1ccc(-n2ncc(C#N)c2NC)c(Cl)c1. The van der Waals surface area contributed by atoms with Crippen LogP contribution in [-0.2, 0) is 6.42 Å². The number of aryl methyl sites for hydroxylation is 1. The number of aromatic nitrogens is 2. The van der Waals surface area contributed by atoms with Crippen LogP contribution < -0.4 is 5.32 Å². The molecule has 2 rings (SSSR count). The minimum atomic E-state index is 0.494. The van der Waals surface area contributed by atoms with Gasteiger partial charge in [0.25, 0.3) is 0 Å². The zero-order valence-electron chi connectivity index (χ0n) is 10.2. The van der Waals surface area contributed by atoms with Crippen LogP contribution in [0, 0.1) is 11.3 Å². The summed E-state index contributed by atoms with van der Waals surface area (Å²) in [4.78, 5) is 0. The summed E-state index contributed by atoms with van der Waals surface area (Å²) in [6.07, 6.45) is 2.46. The molecule has 0 bridgehead atoms. The Balaban J connectivity index is 2.56. The van der Waals surface area contributed by atoms with Gasteiger partial charge in [0.1, 0.15) is 17.5 Å². The van der Waals surface area contributed by atoms with Crippen molar-refractivity contribution in [2.75, 3.05) is 12.4 Å². The molecule has 4 nitrogen and oxygen atoms in total. The lowest BCUT2D eigenvalue weighted by Crippen LogP contribution is -2.04. The van der Waals surface area contributed by atoms with Crippen LogP contribution >= 0.6 is 11.6 Å². The first-order chi connectivity index (χ1) is 8.71. The molecule has 0 aliphatic rings. The van der Waals surface area contributed by atoms with Gasteiger partial charge in [-0.05, 0) is 24.1 Å². The highest BCUT2D eigenvalue weighted by Gasteiger charge is 2.13. The Labute approximate surface area is 111 Å². The van der Waals surface area contributed by atoms with Gasteiger partial charge in [-0.2, -0.15) is 10.4 Å². The molecule has 0 aliphatic carbocycles. The van der Waals surface area contributed by atoms with Crippen LogP contribution in [0.15, 0.2) is 24.4 Å². The lowest BCUT2D eigenvalue weighted by Gasteiger charge is -2.10. The fraction of sp³-hybridized carbons (Fsp3) is 0.231. The first-order valence-electron chi connectivity index (χ1n) is 5.66. The van der Waals surface area contributed by atoms with E-state index in [1.807, 2.05) is 18.2 Å². The lowest BCUT2D eigenvalue weighted by molar-refractivity contribution is 0.884. The predicted octanol–water partition coefficient (Wildman–Crippen LogP) is 3.00. The number of hydrogen-bond donors (Lipinski definition) is 1. The zero-order chi connectivity index (χ0) is 13.1. The van der Waals surface area contributed by atoms with Crippen molar-refractivity contribution in [3.8, 4) is 11.8 Å². The summed E-state index contributed by atoms with van der Waals surface area (Å²) in [5, 5.41) is 16.8. The van der Waals surface area contributed by atoms with E-state index in [4.69, 9.17) is 16.9 Å². The Hall–Kier alpha value is -1.99. The average molecular weight is 261 g/mol. The minimum absolute atomic E-state index is 0.494. The smallest absolute Gasteiger partial charge is 0.147 e. The third-order valence-corrected chi connectivity index (χ3v) is 3.08. The molecule has 1 N–H and O–H groups in total. The molecule has 92 valence electrons. The van der Waals surface area contributed by atoms with Gasteiger partial charge in [-0.1, -0.05) is 24.6 Å². The topological polar surface area (TPSA) is 53.6 Å². The van der Waals surface area contributed by atoms with Crippen LogP contribution in [0.4, 0.5) is 5.82 Å². The van der Waals surface area contributed by atoms with Gasteiger partial charge < -0.3 is 5.32 Å². The molecular weight excluding hydrogens is 248 g/mol. The van der Waals surface area contributed by atoms with Gasteiger partial charge >= 0.3 is 0 Å². The molecule has 5 heteroatoms. The van der Waals surface area contributed by atoms with Gasteiger partial charge in [-0.15, -0.1) is 0 Å². The molecule has 1 heterocycles. The maximum atomic E-state index is 8.98. The molecule has 18 heavy (non-hydrogen) atoms. The van der Waals surface area contributed by atoms with Crippen molar-refractivity contribution >= 4 is 17.4 Å². The van der Waals surface area contributed by atoms with Crippen LogP contribution in [0.2, 0.25) is 5.02 Å². The number of nitriles is 1. The van der Waals surface area contributed by atoms with Gasteiger partial charge in [-0.25, -0.2) is 4.68 Å². The molecule has 1 aromatic carbocycles. The first-order valence-corrected chi connectivity index (χ1v) is 6.03. The number of anilines is 1. The van der Waals surface area contributed by atoms with Crippen molar-refractivity contribution in [3.63, 3.8) is 0 Å². The Bertz CT molecular complexity index is 610. The third kappa shape index (κ3) is 2.05. The molecule has 0 radical (unpaired) electrons. The van der Waals surface area contributed by atoms with Crippen molar-refractivity contribution in [1.82, 2.24) is 9.78 Å². The summed E-state index contributed by atoms with van der Waals surface area (Å²) >= 11 is 6.25. The van der Waals surface area contributed by atoms with E-state index < -0.39 is 0 Å². The molecule has 0 spiro atoms. The van der Waals surface area contributed by atoms with E-state index in [2.05, 4.69) is 23.4 Å². The Morgan fingerprint density at radius 2 is 2.28 bits per heavy atom. The van der Waals surface area contributed by atoms with Gasteiger partial charge in [0.2, 0.25) is 0 Å². The summed E-state index contributed by atoms with van der Waals surface area (Å²) in [5.74, 6) is 0.642. The van der Waals surface area contributed by atoms with Gasteiger partial charge in [-0.3, -0.25) is 0 Å². The zero-order valence-corrected chi connectivity index (χ0v) is 11.0. The summed E-state index contributed by atoms with van der Waals surface area (Å²) in [5.41, 5.74) is 2.43. The summed E-state index contributed by atoms with van der Waals surface area (Å²) < 4.78 is 1.64. The third-order valence-electron chi connectivity index (χ3n) is 2.78. The Morgan fingerprint density at radius 3 is 2.83 bits per heavy atom. The van der Waals surface area contributed by atoms with E-state index >= 15 is 0 Å². The van der Waals surface area contributed by atoms with Crippen LogP contribution in [0.1, 0.15) is 18.1 Å². The van der Waals surface area contributed by atoms with Crippen LogP contribution in [0.25, 0.3) is 5.69 Å². The van der Waals surface area contributed by atoms with E-state index in [9.17, 15) is 0 Å². The Morgan fingerprint density at radius 1 is 1.50 bits per heavy atom. The van der Waals surface area contributed by atoms with Crippen molar-refractivity contribution in [1.29, 1.82) is 5.26 Å². The lowest BCUT2D eigenvalue weighted by atomic mass is 10.1. The van der Waals surface area contributed by atoms with Crippen molar-refractivity contribution in [2.24, 2.45) is 0 Å². The second kappa shape index (κ2) is 5.11. The molecule has 0 amide bonds. The second-order valence-electron chi connectivity index (χ2n) is 3.82. The van der Waals surface area contributed by atoms with E-state index in [0.717, 1.165) is 12.1 Å². The monoisotopic (exact) mass is 260 g/mol. The van der Waals surface area contributed by atoms with Gasteiger partial charge in [0, 0.05) is 7.05 Å². The second-order valence-corrected chi connectivity index (χ2v) is 4.23. The fourth-order valence-corrected chi connectivity index (χ4v) is 2.08. The predicted molar refractivity (Wildman–Crippen MR) is 72.2 cm³/mol. The minimum Gasteiger partial charge on any atom is -0.372 e. The van der Waals surface area contributed by atoms with Crippen molar-refractivity contribution in [2.45, 2.75) is 13.3 Å². The van der Waals surface area contributed by atoms with Crippen molar-refractivity contribution in [3.05, 3.63) is 40.5 Å². The van der Waals surface area contributed by atoms with E-state index in [1.165, 1.54) is 11.8 Å². The molecule has 1 aromatic heterocycles. The van der Waals surface area contributed by atoms with Gasteiger partial charge in [0.05, 0.1) is 16.9 Å². The number of rotatable bonds is 3. The number of benzene rings is 1. The molecule has 0 atom stereocenters. The molecule has 0 unspecified atom stereocenters. The maximum absolute atomic E-state index is 8.98. The summed E-state index contributed by atoms with van der Waals surface area (Å²) in [6, 6.07) is 7.93. The highest BCUT2D eigenvalue weighted by molar-refractivity contribution is 6.32. The Kier molecular flexibility index (Phi) is 3.54. The molecule has 0 fully saturated rings. The number of hydrogen-bond acceptors (Lipinski definition) is 3. The highest BCUT2D eigenvalue weighted by atomic mass is 35.5. The fourth-order valence-electron chi connectivity index (χ4n) is 1.80. The summed E-state index contributed by atoms with van der Waals surface area (Å²) in [6.45, 7) is 2.08. The van der Waals surface area contributed by atoms with Crippen LogP contribution in [0.5, 0.6) is 0 Å². The standard InChI is InChI=1S/C13H13ClN4/c1-3-9-4-5-12(11(14)6-9)18-13(16-2)10(7-15)8-17-18/h4-6,8,16H,3H2,1-2H3. The molecule has 0 saturated heterocycles. The van der Waals surface area contributed by atoms with Crippen molar-refractivity contribution < 1.29 is 0 Å². The van der Waals surface area contributed by atoms with E-state index in [-0.39, 0.29) is 0 Å². The summed E-state index contributed by atoms with van der Waals surface area (Å²) in [7, 11) is 1.75. The quantitative estimate of drug-likeness (QED) is 0.923. The van der Waals surface area contributed by atoms with E-state index in [1.54, 1.807) is 11.7 Å². The largest absolute Gasteiger partial charge is 0.372 e. The normalized spacial score (nSPS) is 10.1. The highest BCUT2D eigenvalue weighted by Crippen LogP contribution is 2.26. The molecule has 0 saturated carbocycles. The van der Waals surface area contributed by atoms with E-state index in [0.29, 0.717) is 16.4 Å². The van der Waals surface area contributed by atoms with Gasteiger partial charge in [0.15, 0.2) is 0 Å². The molecular formula is C13H13ClN4. The van der Waals surface area contributed by atoms with Crippen LogP contribution in [-0.4, -0.2) is 16.8 Å². The molecule has 2 aromatic rings.